The molecule has 1 aliphatic carbocycles. The van der Waals surface area contributed by atoms with Crippen LogP contribution in [0.3, 0.4) is 0 Å². The molecular weight excluding hydrogens is 420 g/mol. The van der Waals surface area contributed by atoms with Crippen molar-refractivity contribution in [1.82, 2.24) is 10.2 Å². The zero-order valence-corrected chi connectivity index (χ0v) is 19.4. The normalized spacial score (nSPS) is 14.0. The summed E-state index contributed by atoms with van der Waals surface area (Å²) in [4.78, 5) is 37.8. The fourth-order valence-electron chi connectivity index (χ4n) is 4.41. The molecule has 7 nitrogen and oxygen atoms in total. The third kappa shape index (κ3) is 5.72. The highest BCUT2D eigenvalue weighted by atomic mass is 16.5. The maximum absolute atomic E-state index is 12.8. The van der Waals surface area contributed by atoms with Crippen LogP contribution in [0.15, 0.2) is 48.5 Å². The molecule has 2 amide bonds. The van der Waals surface area contributed by atoms with Crippen LogP contribution in [-0.4, -0.2) is 54.7 Å². The minimum Gasteiger partial charge on any atom is -0.481 e. The maximum Gasteiger partial charge on any atom is 0.407 e. The molecule has 0 aliphatic heterocycles. The quantitative estimate of drug-likeness (QED) is 0.565. The van der Waals surface area contributed by atoms with Crippen LogP contribution in [0, 0.1) is 11.8 Å². The van der Waals surface area contributed by atoms with Crippen molar-refractivity contribution >= 4 is 18.0 Å². The second kappa shape index (κ2) is 11.0. The van der Waals surface area contributed by atoms with Gasteiger partial charge in [0, 0.05) is 26.1 Å². The number of benzene rings is 2. The highest BCUT2D eigenvalue weighted by molar-refractivity contribution is 5.81. The molecule has 0 aromatic heterocycles. The molecule has 176 valence electrons. The number of alkyl carbamates (subject to hydrolysis) is 1. The Bertz CT molecular complexity index is 960. The molecule has 2 aromatic rings. The van der Waals surface area contributed by atoms with Gasteiger partial charge in [0.25, 0.3) is 0 Å². The van der Waals surface area contributed by atoms with Gasteiger partial charge in [-0.05, 0) is 28.7 Å². The lowest BCUT2D eigenvalue weighted by Gasteiger charge is -2.25. The number of ether oxygens (including phenoxy) is 1. The number of fused-ring (bicyclic) bond motifs is 3. The molecule has 0 bridgehead atoms. The number of nitrogens with one attached hydrogen (secondary N) is 1. The number of carboxylic acid groups (broad SMARTS) is 1. The Hall–Kier alpha value is -3.35. The molecule has 2 N–H and O–H groups in total. The lowest BCUT2D eigenvalue weighted by Crippen LogP contribution is -2.42. The topological polar surface area (TPSA) is 95.9 Å². The summed E-state index contributed by atoms with van der Waals surface area (Å²) in [5.74, 6) is -2.24. The van der Waals surface area contributed by atoms with Gasteiger partial charge in [-0.2, -0.15) is 0 Å². The van der Waals surface area contributed by atoms with Crippen LogP contribution in [0.2, 0.25) is 0 Å². The first-order valence-corrected chi connectivity index (χ1v) is 11.4. The average molecular weight is 453 g/mol. The molecule has 0 saturated carbocycles. The van der Waals surface area contributed by atoms with Crippen LogP contribution < -0.4 is 5.32 Å². The van der Waals surface area contributed by atoms with Gasteiger partial charge in [-0.1, -0.05) is 68.8 Å². The van der Waals surface area contributed by atoms with E-state index in [2.05, 4.69) is 29.6 Å². The molecule has 0 fully saturated rings. The minimum atomic E-state index is -0.946. The molecule has 7 heteroatoms. The summed E-state index contributed by atoms with van der Waals surface area (Å²) in [6.45, 7) is 4.01. The van der Waals surface area contributed by atoms with E-state index in [0.717, 1.165) is 28.7 Å². The maximum atomic E-state index is 12.8. The standard InChI is InChI=1S/C26H32N2O5/c1-4-9-18(24(29)28(3)15-17(2)25(30)31)14-27-26(32)33-16-23-21-12-7-5-10-19(21)20-11-6-8-13-22(20)23/h5-8,10-13,17-18,23H,4,9,14-16H2,1-3H3,(H,27,32)(H,30,31). The van der Waals surface area contributed by atoms with Crippen LogP contribution >= 0.6 is 0 Å². The number of amides is 2. The van der Waals surface area contributed by atoms with E-state index < -0.39 is 23.9 Å². The molecule has 2 unspecified atom stereocenters. The van der Waals surface area contributed by atoms with Crippen molar-refractivity contribution in [1.29, 1.82) is 0 Å². The van der Waals surface area contributed by atoms with Crippen molar-refractivity contribution in [2.45, 2.75) is 32.6 Å². The van der Waals surface area contributed by atoms with Crippen molar-refractivity contribution in [3.05, 3.63) is 59.7 Å². The first-order chi connectivity index (χ1) is 15.8. The number of hydrogen-bond acceptors (Lipinski definition) is 4. The van der Waals surface area contributed by atoms with Crippen molar-refractivity contribution in [3.8, 4) is 11.1 Å². The number of carbonyl (C=O) groups is 3. The third-order valence-electron chi connectivity index (χ3n) is 6.17. The Labute approximate surface area is 194 Å². The van der Waals surface area contributed by atoms with Gasteiger partial charge in [-0.25, -0.2) is 4.79 Å². The van der Waals surface area contributed by atoms with Gasteiger partial charge in [0.1, 0.15) is 6.61 Å². The molecule has 2 atom stereocenters. The molecule has 0 radical (unpaired) electrons. The first-order valence-electron chi connectivity index (χ1n) is 11.4. The lowest BCUT2D eigenvalue weighted by atomic mass is 9.98. The Morgan fingerprint density at radius 2 is 1.64 bits per heavy atom. The van der Waals surface area contributed by atoms with Crippen LogP contribution in [0.4, 0.5) is 4.79 Å². The molecule has 0 saturated heterocycles. The van der Waals surface area contributed by atoms with E-state index in [-0.39, 0.29) is 31.5 Å². The molecule has 2 aromatic carbocycles. The van der Waals surface area contributed by atoms with E-state index in [1.54, 1.807) is 14.0 Å². The van der Waals surface area contributed by atoms with Crippen molar-refractivity contribution < 1.29 is 24.2 Å². The van der Waals surface area contributed by atoms with Gasteiger partial charge in [0.2, 0.25) is 5.91 Å². The minimum absolute atomic E-state index is 0.0279. The van der Waals surface area contributed by atoms with E-state index in [1.807, 2.05) is 31.2 Å². The van der Waals surface area contributed by atoms with Crippen LogP contribution in [0.25, 0.3) is 11.1 Å². The SMILES string of the molecule is CCCC(CNC(=O)OCC1c2ccccc2-c2ccccc21)C(=O)N(C)CC(C)C(=O)O. The average Bonchev–Trinajstić information content (AvgIpc) is 3.13. The Morgan fingerprint density at radius 3 is 2.18 bits per heavy atom. The van der Waals surface area contributed by atoms with E-state index in [9.17, 15) is 14.4 Å². The fraction of sp³-hybridized carbons (Fsp3) is 0.423. The largest absolute Gasteiger partial charge is 0.481 e. The van der Waals surface area contributed by atoms with Gasteiger partial charge < -0.3 is 20.1 Å². The summed E-state index contributed by atoms with van der Waals surface area (Å²) in [7, 11) is 1.59. The summed E-state index contributed by atoms with van der Waals surface area (Å²) in [6, 6.07) is 16.3. The van der Waals surface area contributed by atoms with Crippen LogP contribution in [-0.2, 0) is 14.3 Å². The molecule has 0 spiro atoms. The predicted octanol–water partition coefficient (Wildman–Crippen LogP) is 4.12. The Kier molecular flexibility index (Phi) is 8.09. The monoisotopic (exact) mass is 452 g/mol. The van der Waals surface area contributed by atoms with Gasteiger partial charge >= 0.3 is 12.1 Å². The van der Waals surface area contributed by atoms with Gasteiger partial charge in [-0.3, -0.25) is 9.59 Å². The van der Waals surface area contributed by atoms with E-state index in [0.29, 0.717) is 6.42 Å². The van der Waals surface area contributed by atoms with Crippen LogP contribution in [0.5, 0.6) is 0 Å². The highest BCUT2D eigenvalue weighted by Crippen LogP contribution is 2.44. The number of hydrogen-bond donors (Lipinski definition) is 2. The summed E-state index contributed by atoms with van der Waals surface area (Å²) in [6.07, 6.45) is 0.798. The van der Waals surface area contributed by atoms with Gasteiger partial charge in [-0.15, -0.1) is 0 Å². The summed E-state index contributed by atoms with van der Waals surface area (Å²) >= 11 is 0. The van der Waals surface area contributed by atoms with Crippen LogP contribution in [0.1, 0.15) is 43.7 Å². The van der Waals surface area contributed by atoms with Gasteiger partial charge in [0.05, 0.1) is 11.8 Å². The van der Waals surface area contributed by atoms with E-state index >= 15 is 0 Å². The van der Waals surface area contributed by atoms with Crippen molar-refractivity contribution in [2.24, 2.45) is 11.8 Å². The number of nitrogens with zero attached hydrogens (tertiary/aromatic N) is 1. The smallest absolute Gasteiger partial charge is 0.407 e. The number of rotatable bonds is 10. The summed E-state index contributed by atoms with van der Waals surface area (Å²) in [5.41, 5.74) is 4.60. The Morgan fingerprint density at radius 1 is 1.06 bits per heavy atom. The van der Waals surface area contributed by atoms with Crippen molar-refractivity contribution in [3.63, 3.8) is 0 Å². The predicted molar refractivity (Wildman–Crippen MR) is 126 cm³/mol. The van der Waals surface area contributed by atoms with E-state index in [4.69, 9.17) is 9.84 Å². The number of aliphatic carboxylic acids is 1. The molecular formula is C26H32N2O5. The van der Waals surface area contributed by atoms with Crippen molar-refractivity contribution in [2.75, 3.05) is 26.7 Å². The van der Waals surface area contributed by atoms with Gasteiger partial charge in [0.15, 0.2) is 0 Å². The number of carboxylic acids is 1. The second-order valence-electron chi connectivity index (χ2n) is 8.65. The number of carbonyl (C=O) groups excluding carboxylic acids is 2. The fourth-order valence-corrected chi connectivity index (χ4v) is 4.41. The molecule has 1 aliphatic rings. The molecule has 3 rings (SSSR count). The van der Waals surface area contributed by atoms with E-state index in [1.165, 1.54) is 4.90 Å². The second-order valence-corrected chi connectivity index (χ2v) is 8.65. The molecule has 33 heavy (non-hydrogen) atoms. The Balaban J connectivity index is 1.57. The highest BCUT2D eigenvalue weighted by Gasteiger charge is 2.29. The summed E-state index contributed by atoms with van der Waals surface area (Å²) in [5, 5.41) is 11.8. The summed E-state index contributed by atoms with van der Waals surface area (Å²) < 4.78 is 5.55. The lowest BCUT2D eigenvalue weighted by molar-refractivity contribution is -0.143. The zero-order chi connectivity index (χ0) is 24.0. The first kappa shape index (κ1) is 24.3. The third-order valence-corrected chi connectivity index (χ3v) is 6.17. The molecule has 0 heterocycles. The zero-order valence-electron chi connectivity index (χ0n) is 19.4.